The van der Waals surface area contributed by atoms with Gasteiger partial charge in [-0.2, -0.15) is 5.10 Å². The fraction of sp³-hybridized carbons (Fsp3) is 0.417. The third-order valence-electron chi connectivity index (χ3n) is 6.66. The number of aromatic amines is 1. The Morgan fingerprint density at radius 1 is 1.18 bits per heavy atom. The van der Waals surface area contributed by atoms with Gasteiger partial charge in [0.15, 0.2) is 0 Å². The summed E-state index contributed by atoms with van der Waals surface area (Å²) >= 11 is 0. The van der Waals surface area contributed by atoms with Crippen molar-refractivity contribution < 1.29 is 9.15 Å². The second kappa shape index (κ2) is 7.84. The Bertz CT molecular complexity index is 1270. The van der Waals surface area contributed by atoms with Gasteiger partial charge in [0.25, 0.3) is 0 Å². The molecule has 0 radical (unpaired) electrons. The van der Waals surface area contributed by atoms with Crippen molar-refractivity contribution in [1.29, 1.82) is 0 Å². The van der Waals surface area contributed by atoms with Gasteiger partial charge >= 0.3 is 0 Å². The molecule has 1 aliphatic carbocycles. The third kappa shape index (κ3) is 4.04. The van der Waals surface area contributed by atoms with Crippen LogP contribution in [-0.2, 0) is 6.54 Å². The maximum absolute atomic E-state index is 6.16. The number of oxazole rings is 1. The molecule has 1 aromatic carbocycles. The SMILES string of the molecule is C[C@H]1CN(c2cc(-c3n[nH]c4ccc(OC5(C)CC5)cc34)ncn2)CCN1Cc1ncco1. The summed E-state index contributed by atoms with van der Waals surface area (Å²) in [7, 11) is 0. The van der Waals surface area contributed by atoms with Crippen molar-refractivity contribution in [3.05, 3.63) is 48.9 Å². The number of aromatic nitrogens is 5. The molecule has 1 N–H and O–H groups in total. The lowest BCUT2D eigenvalue weighted by Crippen LogP contribution is -2.51. The Labute approximate surface area is 191 Å². The zero-order valence-electron chi connectivity index (χ0n) is 18.9. The van der Waals surface area contributed by atoms with Crippen molar-refractivity contribution in [1.82, 2.24) is 30.0 Å². The smallest absolute Gasteiger partial charge is 0.208 e. The van der Waals surface area contributed by atoms with Crippen LogP contribution in [0.25, 0.3) is 22.3 Å². The Hall–Kier alpha value is -3.46. The standard InChI is InChI=1S/C24H27N7O2/c1-16-13-31(9-8-30(16)14-22-25-7-10-32-22)21-12-20(26-15-27-21)23-18-11-17(33-24(2)5-6-24)3-4-19(18)28-29-23/h3-4,7,10-12,15-16H,5-6,8-9,13-14H2,1-2H3,(H,28,29)/t16-/m0/s1. The molecule has 0 spiro atoms. The number of piperazine rings is 1. The van der Waals surface area contributed by atoms with Crippen LogP contribution < -0.4 is 9.64 Å². The Morgan fingerprint density at radius 2 is 2.09 bits per heavy atom. The number of fused-ring (bicyclic) bond motifs is 1. The first-order chi connectivity index (χ1) is 16.1. The summed E-state index contributed by atoms with van der Waals surface area (Å²) < 4.78 is 11.6. The van der Waals surface area contributed by atoms with Crippen molar-refractivity contribution in [3.63, 3.8) is 0 Å². The highest BCUT2D eigenvalue weighted by molar-refractivity contribution is 5.93. The first-order valence-corrected chi connectivity index (χ1v) is 11.4. The van der Waals surface area contributed by atoms with E-state index in [9.17, 15) is 0 Å². The van der Waals surface area contributed by atoms with Crippen LogP contribution in [0.5, 0.6) is 5.75 Å². The molecular weight excluding hydrogens is 418 g/mol. The first kappa shape index (κ1) is 20.2. The number of rotatable bonds is 6. The topological polar surface area (TPSA) is 96.2 Å². The molecule has 3 aromatic heterocycles. The number of benzene rings is 1. The van der Waals surface area contributed by atoms with E-state index in [1.807, 2.05) is 18.2 Å². The van der Waals surface area contributed by atoms with E-state index < -0.39 is 0 Å². The van der Waals surface area contributed by atoms with E-state index in [0.29, 0.717) is 6.04 Å². The van der Waals surface area contributed by atoms with E-state index in [-0.39, 0.29) is 5.60 Å². The van der Waals surface area contributed by atoms with E-state index in [0.717, 1.165) is 78.8 Å². The molecule has 33 heavy (non-hydrogen) atoms. The van der Waals surface area contributed by atoms with Gasteiger partial charge in [0.2, 0.25) is 5.89 Å². The number of nitrogens with zero attached hydrogens (tertiary/aromatic N) is 6. The predicted octanol–water partition coefficient (Wildman–Crippen LogP) is 3.65. The lowest BCUT2D eigenvalue weighted by atomic mass is 10.1. The molecular formula is C24H27N7O2. The van der Waals surface area contributed by atoms with Crippen molar-refractivity contribution in [2.75, 3.05) is 24.5 Å². The molecule has 170 valence electrons. The molecule has 9 heteroatoms. The molecule has 1 saturated heterocycles. The van der Waals surface area contributed by atoms with E-state index in [2.05, 4.69) is 54.9 Å². The van der Waals surface area contributed by atoms with Crippen LogP contribution in [-0.4, -0.2) is 61.3 Å². The van der Waals surface area contributed by atoms with Crippen LogP contribution >= 0.6 is 0 Å². The van der Waals surface area contributed by atoms with Gasteiger partial charge in [-0.15, -0.1) is 0 Å². The molecule has 6 rings (SSSR count). The number of H-pyrrole nitrogens is 1. The number of hydrogen-bond acceptors (Lipinski definition) is 8. The second-order valence-corrected chi connectivity index (χ2v) is 9.28. The summed E-state index contributed by atoms with van der Waals surface area (Å²) in [6.07, 6.45) is 7.14. The van der Waals surface area contributed by atoms with E-state index in [1.165, 1.54) is 0 Å². The van der Waals surface area contributed by atoms with Crippen molar-refractivity contribution >= 4 is 16.7 Å². The largest absolute Gasteiger partial charge is 0.488 e. The maximum atomic E-state index is 6.16. The molecule has 4 aromatic rings. The van der Waals surface area contributed by atoms with E-state index in [4.69, 9.17) is 9.15 Å². The highest BCUT2D eigenvalue weighted by Gasteiger charge is 2.40. The lowest BCUT2D eigenvalue weighted by Gasteiger charge is -2.39. The average Bonchev–Trinajstić information content (AvgIpc) is 3.18. The second-order valence-electron chi connectivity index (χ2n) is 9.28. The molecule has 1 aliphatic heterocycles. The van der Waals surface area contributed by atoms with Crippen molar-refractivity contribution in [3.8, 4) is 17.1 Å². The van der Waals surface area contributed by atoms with Gasteiger partial charge in [-0.25, -0.2) is 15.0 Å². The van der Waals surface area contributed by atoms with Crippen molar-refractivity contribution in [2.24, 2.45) is 0 Å². The number of ether oxygens (including phenoxy) is 1. The first-order valence-electron chi connectivity index (χ1n) is 11.4. The van der Waals surface area contributed by atoms with Gasteiger partial charge < -0.3 is 14.1 Å². The Kier molecular flexibility index (Phi) is 4.79. The van der Waals surface area contributed by atoms with E-state index in [1.54, 1.807) is 18.8 Å². The molecule has 1 atom stereocenters. The molecule has 0 bridgehead atoms. The van der Waals surface area contributed by atoms with Crippen LogP contribution in [0.2, 0.25) is 0 Å². The van der Waals surface area contributed by atoms with Gasteiger partial charge in [0, 0.05) is 37.1 Å². The van der Waals surface area contributed by atoms with Crippen LogP contribution in [0.4, 0.5) is 5.82 Å². The van der Waals surface area contributed by atoms with Gasteiger partial charge in [-0.05, 0) is 44.9 Å². The van der Waals surface area contributed by atoms with Crippen LogP contribution in [0, 0.1) is 0 Å². The van der Waals surface area contributed by atoms with Gasteiger partial charge in [-0.3, -0.25) is 10.00 Å². The van der Waals surface area contributed by atoms with Crippen LogP contribution in [0.1, 0.15) is 32.6 Å². The number of anilines is 1. The molecule has 2 aliphatic rings. The Morgan fingerprint density at radius 3 is 2.88 bits per heavy atom. The lowest BCUT2D eigenvalue weighted by molar-refractivity contribution is 0.164. The fourth-order valence-corrected chi connectivity index (χ4v) is 4.41. The highest BCUT2D eigenvalue weighted by atomic mass is 16.5. The monoisotopic (exact) mass is 445 g/mol. The maximum Gasteiger partial charge on any atom is 0.208 e. The molecule has 9 nitrogen and oxygen atoms in total. The number of hydrogen-bond donors (Lipinski definition) is 1. The average molecular weight is 446 g/mol. The minimum atomic E-state index is -0.0223. The molecule has 0 unspecified atom stereocenters. The summed E-state index contributed by atoms with van der Waals surface area (Å²) in [5, 5.41) is 8.69. The molecule has 0 amide bonds. The van der Waals surface area contributed by atoms with E-state index >= 15 is 0 Å². The minimum absolute atomic E-state index is 0.0223. The third-order valence-corrected chi connectivity index (χ3v) is 6.66. The Balaban J connectivity index is 1.22. The van der Waals surface area contributed by atoms with Crippen molar-refractivity contribution in [2.45, 2.75) is 44.9 Å². The van der Waals surface area contributed by atoms with Gasteiger partial charge in [0.1, 0.15) is 35.5 Å². The summed E-state index contributed by atoms with van der Waals surface area (Å²) in [6, 6.07) is 8.45. The summed E-state index contributed by atoms with van der Waals surface area (Å²) in [5.74, 6) is 2.54. The molecule has 2 fully saturated rings. The highest BCUT2D eigenvalue weighted by Crippen LogP contribution is 2.40. The summed E-state index contributed by atoms with van der Waals surface area (Å²) in [4.78, 5) is 18.0. The number of nitrogens with one attached hydrogen (secondary N) is 1. The normalized spacial score (nSPS) is 20.3. The summed E-state index contributed by atoms with van der Waals surface area (Å²) in [5.41, 5.74) is 2.56. The fourth-order valence-electron chi connectivity index (χ4n) is 4.41. The summed E-state index contributed by atoms with van der Waals surface area (Å²) in [6.45, 7) is 7.75. The zero-order valence-corrected chi connectivity index (χ0v) is 18.9. The molecule has 4 heterocycles. The zero-order chi connectivity index (χ0) is 22.4. The van der Waals surface area contributed by atoms with Gasteiger partial charge in [0.05, 0.1) is 24.0 Å². The minimum Gasteiger partial charge on any atom is -0.488 e. The van der Waals surface area contributed by atoms with Crippen LogP contribution in [0.15, 0.2) is 47.5 Å². The van der Waals surface area contributed by atoms with Gasteiger partial charge in [-0.1, -0.05) is 0 Å². The molecule has 1 saturated carbocycles. The quantitative estimate of drug-likeness (QED) is 0.480. The van der Waals surface area contributed by atoms with Crippen LogP contribution in [0.3, 0.4) is 0 Å². The predicted molar refractivity (Wildman–Crippen MR) is 124 cm³/mol.